The summed E-state index contributed by atoms with van der Waals surface area (Å²) < 4.78 is 0. The molecule has 1 nitrogen and oxygen atoms in total. The second-order valence-corrected chi connectivity index (χ2v) is 3.76. The van der Waals surface area contributed by atoms with Crippen LogP contribution in [0.25, 0.3) is 0 Å². The predicted molar refractivity (Wildman–Crippen MR) is 42.8 cm³/mol. The molecule has 1 unspecified atom stereocenters. The van der Waals surface area contributed by atoms with Crippen LogP contribution in [0, 0.1) is 11.8 Å². The fraction of sp³-hybridized carbons (Fsp3) is 1.00. The second kappa shape index (κ2) is 3.38. The van der Waals surface area contributed by atoms with E-state index < -0.39 is 0 Å². The zero-order valence-corrected chi connectivity index (χ0v) is 7.01. The third kappa shape index (κ3) is 1.72. The smallest absolute Gasteiger partial charge is 0.0570 e. The molecule has 1 aliphatic rings. The summed E-state index contributed by atoms with van der Waals surface area (Å²) in [5.41, 5.74) is 0. The topological polar surface area (TPSA) is 20.2 Å². The molecular formula is C9H18O. The first-order valence-electron chi connectivity index (χ1n) is 4.40. The number of aliphatic hydroxyl groups excluding tert-OH is 1. The van der Waals surface area contributed by atoms with Gasteiger partial charge in [0.05, 0.1) is 6.10 Å². The van der Waals surface area contributed by atoms with Crippen LogP contribution in [0.1, 0.15) is 39.5 Å². The molecule has 0 amide bonds. The molecular weight excluding hydrogens is 124 g/mol. The summed E-state index contributed by atoms with van der Waals surface area (Å²) in [5.74, 6) is 1.24. The van der Waals surface area contributed by atoms with Gasteiger partial charge in [-0.15, -0.1) is 0 Å². The average Bonchev–Trinajstić information content (AvgIpc) is 1.88. The maximum Gasteiger partial charge on any atom is 0.0570 e. The lowest BCUT2D eigenvalue weighted by atomic mass is 9.79. The highest BCUT2D eigenvalue weighted by atomic mass is 16.3. The summed E-state index contributed by atoms with van der Waals surface area (Å²) in [7, 11) is 0. The zero-order valence-electron chi connectivity index (χ0n) is 7.01. The maximum atomic E-state index is 9.54. The van der Waals surface area contributed by atoms with Crippen LogP contribution >= 0.6 is 0 Å². The highest BCUT2D eigenvalue weighted by Gasteiger charge is 2.24. The number of hydrogen-bond acceptors (Lipinski definition) is 1. The summed E-state index contributed by atoms with van der Waals surface area (Å²) in [5, 5.41) is 9.54. The molecule has 10 heavy (non-hydrogen) atoms. The minimum absolute atomic E-state index is 0.00579. The second-order valence-electron chi connectivity index (χ2n) is 3.76. The molecule has 0 spiro atoms. The van der Waals surface area contributed by atoms with Gasteiger partial charge < -0.3 is 5.11 Å². The lowest BCUT2D eigenvalue weighted by molar-refractivity contribution is 0.0456. The van der Waals surface area contributed by atoms with Gasteiger partial charge in [-0.25, -0.2) is 0 Å². The predicted octanol–water partition coefficient (Wildman–Crippen LogP) is 2.19. The van der Waals surface area contributed by atoms with Crippen LogP contribution in [0.5, 0.6) is 0 Å². The Morgan fingerprint density at radius 1 is 1.20 bits per heavy atom. The summed E-state index contributed by atoms with van der Waals surface area (Å²) in [6, 6.07) is 0. The molecule has 60 valence electrons. The highest BCUT2D eigenvalue weighted by molar-refractivity contribution is 4.76. The summed E-state index contributed by atoms with van der Waals surface area (Å²) in [6.45, 7) is 4.42. The van der Waals surface area contributed by atoms with Gasteiger partial charge in [0.1, 0.15) is 0 Å². The fourth-order valence-electron chi connectivity index (χ4n) is 1.92. The minimum atomic E-state index is -0.00579. The van der Waals surface area contributed by atoms with Gasteiger partial charge in [-0.05, 0) is 24.7 Å². The van der Waals surface area contributed by atoms with Crippen molar-refractivity contribution in [3.8, 4) is 0 Å². The molecule has 1 fully saturated rings. The Morgan fingerprint density at radius 3 is 2.20 bits per heavy atom. The largest absolute Gasteiger partial charge is 0.393 e. The molecule has 2 atom stereocenters. The Hall–Kier alpha value is -0.0400. The van der Waals surface area contributed by atoms with E-state index in [1.807, 2.05) is 0 Å². The Bertz CT molecular complexity index is 98.9. The Morgan fingerprint density at radius 2 is 1.80 bits per heavy atom. The lowest BCUT2D eigenvalue weighted by Gasteiger charge is -2.30. The van der Waals surface area contributed by atoms with Crippen LogP contribution < -0.4 is 0 Å². The Labute approximate surface area is 63.4 Å². The van der Waals surface area contributed by atoms with E-state index in [9.17, 15) is 5.11 Å². The monoisotopic (exact) mass is 142 g/mol. The lowest BCUT2D eigenvalue weighted by Crippen LogP contribution is -2.28. The van der Waals surface area contributed by atoms with Crippen molar-refractivity contribution in [2.75, 3.05) is 0 Å². The highest BCUT2D eigenvalue weighted by Crippen LogP contribution is 2.29. The van der Waals surface area contributed by atoms with E-state index in [1.165, 1.54) is 19.3 Å². The van der Waals surface area contributed by atoms with Crippen molar-refractivity contribution in [1.82, 2.24) is 0 Å². The van der Waals surface area contributed by atoms with Gasteiger partial charge in [0.15, 0.2) is 0 Å². The molecule has 1 saturated carbocycles. The van der Waals surface area contributed by atoms with Crippen LogP contribution in [-0.4, -0.2) is 11.2 Å². The van der Waals surface area contributed by atoms with E-state index in [0.717, 1.165) is 6.42 Å². The molecule has 0 radical (unpaired) electrons. The first kappa shape index (κ1) is 8.06. The first-order valence-corrected chi connectivity index (χ1v) is 4.40. The van der Waals surface area contributed by atoms with Crippen molar-refractivity contribution in [2.24, 2.45) is 11.8 Å². The van der Waals surface area contributed by atoms with E-state index in [2.05, 4.69) is 13.8 Å². The zero-order chi connectivity index (χ0) is 7.56. The molecule has 0 aromatic heterocycles. The molecule has 0 heterocycles. The average molecular weight is 142 g/mol. The number of hydrogen-bond donors (Lipinski definition) is 1. The van der Waals surface area contributed by atoms with Gasteiger partial charge in [0.2, 0.25) is 0 Å². The minimum Gasteiger partial charge on any atom is -0.393 e. The van der Waals surface area contributed by atoms with Crippen LogP contribution in [0.15, 0.2) is 0 Å². The van der Waals surface area contributed by atoms with Crippen molar-refractivity contribution >= 4 is 0 Å². The third-order valence-corrected chi connectivity index (χ3v) is 2.64. The Balaban J connectivity index is 2.40. The van der Waals surface area contributed by atoms with Crippen LogP contribution in [0.4, 0.5) is 0 Å². The SMILES string of the molecule is CC(C)C1CCCC[C@H]1O. The molecule has 1 rings (SSSR count). The van der Waals surface area contributed by atoms with Crippen LogP contribution in [-0.2, 0) is 0 Å². The van der Waals surface area contributed by atoms with E-state index in [1.54, 1.807) is 0 Å². The van der Waals surface area contributed by atoms with Crippen molar-refractivity contribution in [2.45, 2.75) is 45.6 Å². The third-order valence-electron chi connectivity index (χ3n) is 2.64. The number of aliphatic hydroxyl groups is 1. The van der Waals surface area contributed by atoms with Crippen molar-refractivity contribution < 1.29 is 5.11 Å². The van der Waals surface area contributed by atoms with E-state index in [0.29, 0.717) is 11.8 Å². The normalized spacial score (nSPS) is 34.8. The molecule has 0 bridgehead atoms. The molecule has 0 aromatic carbocycles. The van der Waals surface area contributed by atoms with Gasteiger partial charge in [-0.1, -0.05) is 26.7 Å². The van der Waals surface area contributed by atoms with Crippen molar-refractivity contribution in [3.05, 3.63) is 0 Å². The number of rotatable bonds is 1. The summed E-state index contributed by atoms with van der Waals surface area (Å²) in [6.07, 6.45) is 4.81. The van der Waals surface area contributed by atoms with Gasteiger partial charge >= 0.3 is 0 Å². The maximum absolute atomic E-state index is 9.54. The molecule has 0 aliphatic heterocycles. The van der Waals surface area contributed by atoms with E-state index in [4.69, 9.17) is 0 Å². The fourth-order valence-corrected chi connectivity index (χ4v) is 1.92. The molecule has 1 aliphatic carbocycles. The van der Waals surface area contributed by atoms with Gasteiger partial charge in [0.25, 0.3) is 0 Å². The standard InChI is InChI=1S/C9H18O/c1-7(2)8-5-3-4-6-9(8)10/h7-10H,3-6H2,1-2H3/t8?,9-/m1/s1. The van der Waals surface area contributed by atoms with E-state index in [-0.39, 0.29) is 6.10 Å². The van der Waals surface area contributed by atoms with Gasteiger partial charge in [-0.3, -0.25) is 0 Å². The molecule has 1 N–H and O–H groups in total. The van der Waals surface area contributed by atoms with E-state index >= 15 is 0 Å². The molecule has 0 saturated heterocycles. The molecule has 1 heteroatoms. The summed E-state index contributed by atoms with van der Waals surface area (Å²) in [4.78, 5) is 0. The molecule has 0 aromatic rings. The van der Waals surface area contributed by atoms with Crippen molar-refractivity contribution in [1.29, 1.82) is 0 Å². The first-order chi connectivity index (χ1) is 4.72. The van der Waals surface area contributed by atoms with Crippen LogP contribution in [0.2, 0.25) is 0 Å². The summed E-state index contributed by atoms with van der Waals surface area (Å²) >= 11 is 0. The van der Waals surface area contributed by atoms with Gasteiger partial charge in [-0.2, -0.15) is 0 Å². The van der Waals surface area contributed by atoms with Gasteiger partial charge in [0, 0.05) is 0 Å². The Kier molecular flexibility index (Phi) is 2.72. The van der Waals surface area contributed by atoms with Crippen LogP contribution in [0.3, 0.4) is 0 Å². The van der Waals surface area contributed by atoms with Crippen molar-refractivity contribution in [3.63, 3.8) is 0 Å². The quantitative estimate of drug-likeness (QED) is 0.595.